The maximum atomic E-state index is 6.13. The zero-order valence-electron chi connectivity index (χ0n) is 18.4. The number of rotatable bonds is 4. The minimum Gasteiger partial charge on any atom is -0.366 e. The molecule has 0 aromatic carbocycles. The van der Waals surface area contributed by atoms with Crippen molar-refractivity contribution in [2.75, 3.05) is 24.5 Å². The van der Waals surface area contributed by atoms with Gasteiger partial charge in [-0.05, 0) is 51.4 Å². The predicted octanol–water partition coefficient (Wildman–Crippen LogP) is 4.20. The SMILES string of the molecule is C=C(C1CCCCC1)N1CCCC[C@H]1c1cc2nc(N3CC[C@H](N)C3)c(C)cn2n1. The van der Waals surface area contributed by atoms with Crippen LogP contribution in [-0.4, -0.2) is 45.2 Å². The molecule has 0 radical (unpaired) electrons. The molecule has 2 N–H and O–H groups in total. The van der Waals surface area contributed by atoms with E-state index in [1.807, 2.05) is 4.52 Å². The Bertz CT molecular complexity index is 912. The van der Waals surface area contributed by atoms with Gasteiger partial charge >= 0.3 is 0 Å². The lowest BCUT2D eigenvalue weighted by Crippen LogP contribution is -2.35. The van der Waals surface area contributed by atoms with Crippen LogP contribution < -0.4 is 10.6 Å². The normalized spacial score (nSPS) is 25.9. The lowest BCUT2D eigenvalue weighted by atomic mass is 9.85. The van der Waals surface area contributed by atoms with Crippen molar-refractivity contribution in [3.63, 3.8) is 0 Å². The second-order valence-corrected chi connectivity index (χ2v) is 9.65. The third kappa shape index (κ3) is 3.70. The topological polar surface area (TPSA) is 62.7 Å². The summed E-state index contributed by atoms with van der Waals surface area (Å²) < 4.78 is 1.97. The first-order valence-electron chi connectivity index (χ1n) is 11.9. The monoisotopic (exact) mass is 408 g/mol. The molecule has 2 aromatic heterocycles. The number of likely N-dealkylation sites (tertiary alicyclic amines) is 1. The first-order valence-corrected chi connectivity index (χ1v) is 11.9. The first kappa shape index (κ1) is 19.9. The second-order valence-electron chi connectivity index (χ2n) is 9.65. The van der Waals surface area contributed by atoms with Gasteiger partial charge in [0.25, 0.3) is 0 Å². The quantitative estimate of drug-likeness (QED) is 0.822. The van der Waals surface area contributed by atoms with E-state index in [0.29, 0.717) is 12.0 Å². The molecule has 0 amide bonds. The summed E-state index contributed by atoms with van der Waals surface area (Å²) in [5.41, 5.74) is 10.7. The number of aryl methyl sites for hydroxylation is 1. The molecule has 1 aliphatic carbocycles. The number of nitrogens with zero attached hydrogens (tertiary/aromatic N) is 5. The molecule has 0 unspecified atom stereocenters. The number of aromatic nitrogens is 3. The molecule has 1 saturated carbocycles. The van der Waals surface area contributed by atoms with Crippen LogP contribution in [-0.2, 0) is 0 Å². The summed E-state index contributed by atoms with van der Waals surface area (Å²) in [5, 5.41) is 4.99. The van der Waals surface area contributed by atoms with Crippen LogP contribution in [0.25, 0.3) is 5.65 Å². The molecule has 3 fully saturated rings. The smallest absolute Gasteiger partial charge is 0.157 e. The Morgan fingerprint density at radius 1 is 1.07 bits per heavy atom. The molecule has 2 aliphatic heterocycles. The molecule has 6 heteroatoms. The number of fused-ring (bicyclic) bond motifs is 1. The van der Waals surface area contributed by atoms with E-state index in [1.165, 1.54) is 56.2 Å². The van der Waals surface area contributed by atoms with Crippen molar-refractivity contribution in [2.24, 2.45) is 11.7 Å². The molecule has 0 spiro atoms. The van der Waals surface area contributed by atoms with Gasteiger partial charge in [0, 0.05) is 49.2 Å². The van der Waals surface area contributed by atoms with Crippen LogP contribution in [0.15, 0.2) is 24.5 Å². The highest BCUT2D eigenvalue weighted by Gasteiger charge is 2.31. The zero-order chi connectivity index (χ0) is 20.7. The Morgan fingerprint density at radius 3 is 2.63 bits per heavy atom. The molecule has 3 aliphatic rings. The van der Waals surface area contributed by atoms with E-state index in [0.717, 1.165) is 49.6 Å². The maximum Gasteiger partial charge on any atom is 0.157 e. The van der Waals surface area contributed by atoms with E-state index in [9.17, 15) is 0 Å². The highest BCUT2D eigenvalue weighted by molar-refractivity contribution is 5.54. The summed E-state index contributed by atoms with van der Waals surface area (Å²) in [6.45, 7) is 9.70. The van der Waals surface area contributed by atoms with E-state index in [2.05, 4.69) is 35.6 Å². The molecule has 2 saturated heterocycles. The van der Waals surface area contributed by atoms with Crippen LogP contribution in [0.3, 0.4) is 0 Å². The van der Waals surface area contributed by atoms with Gasteiger partial charge < -0.3 is 15.5 Å². The highest BCUT2D eigenvalue weighted by atomic mass is 15.3. The number of hydrogen-bond donors (Lipinski definition) is 1. The molecule has 2 atom stereocenters. The van der Waals surface area contributed by atoms with Gasteiger partial charge in [0.05, 0.1) is 11.7 Å². The fourth-order valence-electron chi connectivity index (χ4n) is 5.74. The molecule has 0 bridgehead atoms. The fourth-order valence-corrected chi connectivity index (χ4v) is 5.74. The maximum absolute atomic E-state index is 6.13. The third-order valence-electron chi connectivity index (χ3n) is 7.44. The van der Waals surface area contributed by atoms with Crippen molar-refractivity contribution in [2.45, 2.75) is 76.8 Å². The van der Waals surface area contributed by atoms with E-state index >= 15 is 0 Å². The molecular weight excluding hydrogens is 372 g/mol. The van der Waals surface area contributed by atoms with Gasteiger partial charge in [-0.1, -0.05) is 25.8 Å². The van der Waals surface area contributed by atoms with Crippen molar-refractivity contribution in [1.82, 2.24) is 19.5 Å². The van der Waals surface area contributed by atoms with Crippen molar-refractivity contribution >= 4 is 11.5 Å². The predicted molar refractivity (Wildman–Crippen MR) is 122 cm³/mol. The zero-order valence-corrected chi connectivity index (χ0v) is 18.4. The average Bonchev–Trinajstić information content (AvgIpc) is 3.39. The van der Waals surface area contributed by atoms with Crippen LogP contribution in [0, 0.1) is 12.8 Å². The van der Waals surface area contributed by atoms with Crippen molar-refractivity contribution < 1.29 is 0 Å². The first-order chi connectivity index (χ1) is 14.6. The molecule has 162 valence electrons. The second kappa shape index (κ2) is 8.22. The Kier molecular flexibility index (Phi) is 5.44. The minimum absolute atomic E-state index is 0.254. The average molecular weight is 409 g/mol. The third-order valence-corrected chi connectivity index (χ3v) is 7.44. The summed E-state index contributed by atoms with van der Waals surface area (Å²) in [4.78, 5) is 9.90. The Balaban J connectivity index is 1.43. The lowest BCUT2D eigenvalue weighted by molar-refractivity contribution is 0.162. The van der Waals surface area contributed by atoms with Crippen LogP contribution >= 0.6 is 0 Å². The van der Waals surface area contributed by atoms with E-state index in [1.54, 1.807) is 0 Å². The lowest BCUT2D eigenvalue weighted by Gasteiger charge is -2.41. The summed E-state index contributed by atoms with van der Waals surface area (Å²) in [5.74, 6) is 1.72. The molecule has 6 nitrogen and oxygen atoms in total. The van der Waals surface area contributed by atoms with Gasteiger partial charge in [-0.15, -0.1) is 0 Å². The van der Waals surface area contributed by atoms with Crippen LogP contribution in [0.5, 0.6) is 0 Å². The molecular formula is C24H36N6. The Hall–Kier alpha value is -2.08. The van der Waals surface area contributed by atoms with E-state index in [-0.39, 0.29) is 6.04 Å². The van der Waals surface area contributed by atoms with Gasteiger partial charge in [0.15, 0.2) is 5.65 Å². The number of allylic oxidation sites excluding steroid dienone is 1. The van der Waals surface area contributed by atoms with Gasteiger partial charge in [0.2, 0.25) is 0 Å². The standard InChI is InChI=1S/C24H36N6/c1-17-15-30-23(26-24(17)28-13-11-20(25)16-28)14-21(27-30)22-10-6-7-12-29(22)18(2)19-8-4-3-5-9-19/h14-15,19-20,22H,2-13,16,25H2,1H3/t20-,22-/m0/s1. The van der Waals surface area contributed by atoms with Gasteiger partial charge in [-0.25, -0.2) is 9.50 Å². The summed E-state index contributed by atoms with van der Waals surface area (Å²) in [6, 6.07) is 2.79. The van der Waals surface area contributed by atoms with Crippen LogP contribution in [0.4, 0.5) is 5.82 Å². The van der Waals surface area contributed by atoms with Crippen molar-refractivity contribution in [3.05, 3.63) is 35.8 Å². The highest BCUT2D eigenvalue weighted by Crippen LogP contribution is 2.39. The minimum atomic E-state index is 0.254. The summed E-state index contributed by atoms with van der Waals surface area (Å²) >= 11 is 0. The molecule has 4 heterocycles. The number of hydrogen-bond acceptors (Lipinski definition) is 5. The van der Waals surface area contributed by atoms with Crippen LogP contribution in [0.1, 0.15) is 75.1 Å². The van der Waals surface area contributed by atoms with E-state index < -0.39 is 0 Å². The Morgan fingerprint density at radius 2 is 1.87 bits per heavy atom. The van der Waals surface area contributed by atoms with Gasteiger partial charge in [-0.3, -0.25) is 0 Å². The van der Waals surface area contributed by atoms with Crippen LogP contribution in [0.2, 0.25) is 0 Å². The molecule has 2 aromatic rings. The largest absolute Gasteiger partial charge is 0.366 e. The number of anilines is 1. The summed E-state index contributed by atoms with van der Waals surface area (Å²) in [7, 11) is 0. The van der Waals surface area contributed by atoms with Crippen molar-refractivity contribution in [3.8, 4) is 0 Å². The number of nitrogens with two attached hydrogens (primary N) is 1. The van der Waals surface area contributed by atoms with E-state index in [4.69, 9.17) is 15.8 Å². The van der Waals surface area contributed by atoms with Gasteiger partial charge in [-0.2, -0.15) is 5.10 Å². The van der Waals surface area contributed by atoms with Gasteiger partial charge in [0.1, 0.15) is 5.82 Å². The molecule has 5 rings (SSSR count). The number of piperidine rings is 1. The molecule has 30 heavy (non-hydrogen) atoms. The Labute approximate surface area is 180 Å². The summed E-state index contributed by atoms with van der Waals surface area (Å²) in [6.07, 6.45) is 13.5. The van der Waals surface area contributed by atoms with Crippen molar-refractivity contribution in [1.29, 1.82) is 0 Å². The fraction of sp³-hybridized carbons (Fsp3) is 0.667.